The zero-order chi connectivity index (χ0) is 23.3. The quantitative estimate of drug-likeness (QED) is 0.501. The summed E-state index contributed by atoms with van der Waals surface area (Å²) in [7, 11) is -3.76. The van der Waals surface area contributed by atoms with E-state index >= 15 is 0 Å². The average Bonchev–Trinajstić information content (AvgIpc) is 3.54. The number of nitrogens with zero attached hydrogens (tertiary/aromatic N) is 1. The summed E-state index contributed by atoms with van der Waals surface area (Å²) < 4.78 is 33.9. The van der Waals surface area contributed by atoms with Crippen LogP contribution < -0.4 is 10.0 Å². The first-order chi connectivity index (χ1) is 15.9. The van der Waals surface area contributed by atoms with Crippen molar-refractivity contribution in [3.63, 3.8) is 0 Å². The minimum Gasteiger partial charge on any atom is -0.468 e. The van der Waals surface area contributed by atoms with Crippen LogP contribution in [0.5, 0.6) is 0 Å². The van der Waals surface area contributed by atoms with Crippen molar-refractivity contribution < 1.29 is 17.6 Å². The molecule has 8 heteroatoms. The molecule has 0 saturated carbocycles. The zero-order valence-corrected chi connectivity index (χ0v) is 19.5. The Labute approximate surface area is 194 Å². The molecule has 1 aliphatic rings. The van der Waals surface area contributed by atoms with Crippen LogP contribution in [0.3, 0.4) is 0 Å². The van der Waals surface area contributed by atoms with Crippen LogP contribution in [0.25, 0.3) is 0 Å². The van der Waals surface area contributed by atoms with E-state index in [0.29, 0.717) is 17.7 Å². The zero-order valence-electron chi connectivity index (χ0n) is 18.7. The standard InChI is InChI=1S/C25H29N3O4S/c1-19-11-12-21(33(30,31)27-17-20-8-3-2-4-9-20)16-22(19)25(29)26-18-23(24-10-7-15-32-24)28-13-5-6-14-28/h2-4,7-12,15-16,23,27H,5-6,13-14,17-18H2,1H3,(H,26,29). The second-order valence-corrected chi connectivity index (χ2v) is 10.0. The van der Waals surface area contributed by atoms with Gasteiger partial charge in [0.25, 0.3) is 5.91 Å². The predicted molar refractivity (Wildman–Crippen MR) is 126 cm³/mol. The summed E-state index contributed by atoms with van der Waals surface area (Å²) in [5.41, 5.74) is 1.92. The lowest BCUT2D eigenvalue weighted by Crippen LogP contribution is -2.37. The molecule has 2 aromatic carbocycles. The predicted octanol–water partition coefficient (Wildman–Crippen LogP) is 3.63. The van der Waals surface area contributed by atoms with Gasteiger partial charge in [-0.25, -0.2) is 13.1 Å². The van der Waals surface area contributed by atoms with Crippen LogP contribution in [0.15, 0.2) is 76.2 Å². The molecular formula is C25H29N3O4S. The first-order valence-corrected chi connectivity index (χ1v) is 12.6. The molecule has 3 aromatic rings. The number of furan rings is 1. The van der Waals surface area contributed by atoms with E-state index in [-0.39, 0.29) is 23.4 Å². The maximum absolute atomic E-state index is 13.0. The molecule has 1 saturated heterocycles. The summed E-state index contributed by atoms with van der Waals surface area (Å²) in [6, 6.07) is 17.6. The summed E-state index contributed by atoms with van der Waals surface area (Å²) in [4.78, 5) is 15.4. The summed E-state index contributed by atoms with van der Waals surface area (Å²) in [5, 5.41) is 2.99. The maximum atomic E-state index is 13.0. The van der Waals surface area contributed by atoms with Crippen molar-refractivity contribution in [1.82, 2.24) is 14.9 Å². The highest BCUT2D eigenvalue weighted by atomic mass is 32.2. The van der Waals surface area contributed by atoms with Crippen molar-refractivity contribution in [2.45, 2.75) is 37.2 Å². The Balaban J connectivity index is 1.46. The van der Waals surface area contributed by atoms with Crippen molar-refractivity contribution in [3.8, 4) is 0 Å². The third-order valence-electron chi connectivity index (χ3n) is 5.98. The Morgan fingerprint density at radius 2 is 1.82 bits per heavy atom. The van der Waals surface area contributed by atoms with Crippen LogP contribution in [0.4, 0.5) is 0 Å². The molecule has 33 heavy (non-hydrogen) atoms. The Morgan fingerprint density at radius 1 is 1.06 bits per heavy atom. The number of carbonyl (C=O) groups excluding carboxylic acids is 1. The van der Waals surface area contributed by atoms with Crippen LogP contribution in [-0.2, 0) is 16.6 Å². The molecule has 0 aliphatic carbocycles. The molecule has 0 spiro atoms. The minimum atomic E-state index is -3.76. The Hall–Kier alpha value is -2.94. The molecule has 4 rings (SSSR count). The largest absolute Gasteiger partial charge is 0.468 e. The highest BCUT2D eigenvalue weighted by molar-refractivity contribution is 7.89. The number of aryl methyl sites for hydroxylation is 1. The number of hydrogen-bond donors (Lipinski definition) is 2. The van der Waals surface area contributed by atoms with Gasteiger partial charge in [-0.05, 0) is 68.2 Å². The van der Waals surface area contributed by atoms with Gasteiger partial charge in [0.15, 0.2) is 0 Å². The average molecular weight is 468 g/mol. The third kappa shape index (κ3) is 5.71. The molecular weight excluding hydrogens is 438 g/mol. The van der Waals surface area contributed by atoms with E-state index in [1.54, 1.807) is 19.3 Å². The molecule has 1 atom stereocenters. The molecule has 0 radical (unpaired) electrons. The summed E-state index contributed by atoms with van der Waals surface area (Å²) in [6.45, 7) is 4.28. The molecule has 2 N–H and O–H groups in total. The minimum absolute atomic E-state index is 0.0498. The third-order valence-corrected chi connectivity index (χ3v) is 7.38. The van der Waals surface area contributed by atoms with Gasteiger partial charge in [-0.2, -0.15) is 0 Å². The molecule has 0 bridgehead atoms. The fraction of sp³-hybridized carbons (Fsp3) is 0.320. The van der Waals surface area contributed by atoms with E-state index < -0.39 is 10.0 Å². The lowest BCUT2D eigenvalue weighted by molar-refractivity contribution is 0.0933. The molecule has 1 amide bonds. The number of amides is 1. The van der Waals surface area contributed by atoms with E-state index in [1.807, 2.05) is 42.5 Å². The summed E-state index contributed by atoms with van der Waals surface area (Å²) >= 11 is 0. The van der Waals surface area contributed by atoms with Crippen molar-refractivity contribution in [2.75, 3.05) is 19.6 Å². The van der Waals surface area contributed by atoms with Gasteiger partial charge in [0.1, 0.15) is 5.76 Å². The molecule has 1 aromatic heterocycles. The molecule has 7 nitrogen and oxygen atoms in total. The lowest BCUT2D eigenvalue weighted by Gasteiger charge is -2.26. The van der Waals surface area contributed by atoms with E-state index in [1.165, 1.54) is 12.1 Å². The fourth-order valence-corrected chi connectivity index (χ4v) is 5.14. The molecule has 1 fully saturated rings. The van der Waals surface area contributed by atoms with Crippen LogP contribution in [0.2, 0.25) is 0 Å². The van der Waals surface area contributed by atoms with E-state index in [4.69, 9.17) is 4.42 Å². The van der Waals surface area contributed by atoms with Gasteiger partial charge < -0.3 is 9.73 Å². The first kappa shape index (κ1) is 23.2. The van der Waals surface area contributed by atoms with Crippen molar-refractivity contribution in [2.24, 2.45) is 0 Å². The van der Waals surface area contributed by atoms with Crippen LogP contribution in [0.1, 0.15) is 46.1 Å². The smallest absolute Gasteiger partial charge is 0.251 e. The van der Waals surface area contributed by atoms with Gasteiger partial charge in [-0.15, -0.1) is 0 Å². The Morgan fingerprint density at radius 3 is 2.52 bits per heavy atom. The first-order valence-electron chi connectivity index (χ1n) is 11.1. The summed E-state index contributed by atoms with van der Waals surface area (Å²) in [5.74, 6) is 0.513. The number of likely N-dealkylation sites (tertiary alicyclic amines) is 1. The summed E-state index contributed by atoms with van der Waals surface area (Å²) in [6.07, 6.45) is 3.89. The second-order valence-electron chi connectivity index (χ2n) is 8.27. The number of rotatable bonds is 9. The van der Waals surface area contributed by atoms with Crippen LogP contribution >= 0.6 is 0 Å². The van der Waals surface area contributed by atoms with Crippen molar-refractivity contribution >= 4 is 15.9 Å². The monoisotopic (exact) mass is 467 g/mol. The topological polar surface area (TPSA) is 91.6 Å². The Bertz CT molecular complexity index is 1170. The highest BCUT2D eigenvalue weighted by Crippen LogP contribution is 2.25. The van der Waals surface area contributed by atoms with Crippen LogP contribution in [0, 0.1) is 6.92 Å². The number of nitrogens with one attached hydrogen (secondary N) is 2. The van der Waals surface area contributed by atoms with Gasteiger partial charge in [-0.3, -0.25) is 9.69 Å². The normalized spacial score (nSPS) is 15.4. The van der Waals surface area contributed by atoms with E-state index in [0.717, 1.165) is 37.3 Å². The number of carbonyl (C=O) groups is 1. The number of hydrogen-bond acceptors (Lipinski definition) is 5. The van der Waals surface area contributed by atoms with E-state index in [9.17, 15) is 13.2 Å². The van der Waals surface area contributed by atoms with E-state index in [2.05, 4.69) is 14.9 Å². The second kappa shape index (κ2) is 10.3. The van der Waals surface area contributed by atoms with Crippen LogP contribution in [-0.4, -0.2) is 38.9 Å². The highest BCUT2D eigenvalue weighted by Gasteiger charge is 2.26. The van der Waals surface area contributed by atoms with Crippen molar-refractivity contribution in [1.29, 1.82) is 0 Å². The van der Waals surface area contributed by atoms with Crippen molar-refractivity contribution in [3.05, 3.63) is 89.4 Å². The molecule has 1 unspecified atom stereocenters. The maximum Gasteiger partial charge on any atom is 0.251 e. The number of sulfonamides is 1. The van der Waals surface area contributed by atoms with Gasteiger partial charge in [-0.1, -0.05) is 36.4 Å². The van der Waals surface area contributed by atoms with Gasteiger partial charge in [0.05, 0.1) is 17.2 Å². The molecule has 174 valence electrons. The van der Waals surface area contributed by atoms with Gasteiger partial charge >= 0.3 is 0 Å². The fourth-order valence-electron chi connectivity index (χ4n) is 4.10. The molecule has 1 aliphatic heterocycles. The molecule has 2 heterocycles. The van der Waals surface area contributed by atoms with Gasteiger partial charge in [0, 0.05) is 18.7 Å². The van der Waals surface area contributed by atoms with Gasteiger partial charge in [0.2, 0.25) is 10.0 Å². The lowest BCUT2D eigenvalue weighted by atomic mass is 10.1. The SMILES string of the molecule is Cc1ccc(S(=O)(=O)NCc2ccccc2)cc1C(=O)NCC(c1ccco1)N1CCCC1. The Kier molecular flexibility index (Phi) is 7.27. The number of benzene rings is 2.